The van der Waals surface area contributed by atoms with Crippen LogP contribution in [0.4, 0.5) is 4.39 Å². The van der Waals surface area contributed by atoms with E-state index in [0.29, 0.717) is 13.0 Å². The van der Waals surface area contributed by atoms with E-state index in [2.05, 4.69) is 5.32 Å². The summed E-state index contributed by atoms with van der Waals surface area (Å²) in [4.78, 5) is 13.6. The lowest BCUT2D eigenvalue weighted by atomic mass is 10.1. The monoisotopic (exact) mass is 252 g/mol. The van der Waals surface area contributed by atoms with E-state index in [1.165, 1.54) is 12.1 Å². The zero-order valence-electron chi connectivity index (χ0n) is 11.2. The second kappa shape index (κ2) is 7.11. The molecule has 0 aliphatic carbocycles. The molecule has 0 saturated heterocycles. The van der Waals surface area contributed by atoms with Crippen molar-refractivity contribution in [1.29, 1.82) is 0 Å². The highest BCUT2D eigenvalue weighted by molar-refractivity contribution is 5.76. The molecule has 1 aromatic carbocycles. The third-order valence-corrected chi connectivity index (χ3v) is 3.09. The normalized spacial score (nSPS) is 12.2. The molecule has 1 N–H and O–H groups in total. The zero-order chi connectivity index (χ0) is 13.5. The maximum atomic E-state index is 12.8. The van der Waals surface area contributed by atoms with Gasteiger partial charge in [0.1, 0.15) is 5.82 Å². The van der Waals surface area contributed by atoms with Gasteiger partial charge in [0, 0.05) is 20.0 Å². The van der Waals surface area contributed by atoms with Crippen molar-refractivity contribution in [2.24, 2.45) is 0 Å². The lowest BCUT2D eigenvalue weighted by Crippen LogP contribution is -2.32. The molecule has 0 radical (unpaired) electrons. The molecule has 100 valence electrons. The lowest BCUT2D eigenvalue weighted by Gasteiger charge is -2.25. The number of halogens is 1. The van der Waals surface area contributed by atoms with Crippen molar-refractivity contribution in [3.8, 4) is 0 Å². The van der Waals surface area contributed by atoms with Crippen molar-refractivity contribution < 1.29 is 9.18 Å². The van der Waals surface area contributed by atoms with Crippen LogP contribution < -0.4 is 5.32 Å². The Bertz CT molecular complexity index is 378. The first kappa shape index (κ1) is 14.6. The van der Waals surface area contributed by atoms with Crippen LogP contribution in [-0.4, -0.2) is 30.9 Å². The number of carbonyl (C=O) groups excluding carboxylic acids is 1. The van der Waals surface area contributed by atoms with Gasteiger partial charge < -0.3 is 10.2 Å². The lowest BCUT2D eigenvalue weighted by molar-refractivity contribution is -0.131. The second-order valence-electron chi connectivity index (χ2n) is 4.34. The maximum absolute atomic E-state index is 12.8. The van der Waals surface area contributed by atoms with Crippen molar-refractivity contribution in [2.75, 3.05) is 20.1 Å². The summed E-state index contributed by atoms with van der Waals surface area (Å²) in [7, 11) is 1.78. The van der Waals surface area contributed by atoms with Gasteiger partial charge in [0.2, 0.25) is 5.91 Å². The van der Waals surface area contributed by atoms with Gasteiger partial charge in [-0.3, -0.25) is 4.79 Å². The number of nitrogens with one attached hydrogen (secondary N) is 1. The van der Waals surface area contributed by atoms with E-state index in [1.807, 2.05) is 13.8 Å². The SMILES string of the molecule is CCNCCC(=O)N(C)C(C)c1ccc(F)cc1. The second-order valence-corrected chi connectivity index (χ2v) is 4.34. The van der Waals surface area contributed by atoms with Crippen LogP contribution in [0.5, 0.6) is 0 Å². The molecule has 0 spiro atoms. The Morgan fingerprint density at radius 1 is 1.39 bits per heavy atom. The highest BCUT2D eigenvalue weighted by atomic mass is 19.1. The maximum Gasteiger partial charge on any atom is 0.224 e. The molecule has 1 unspecified atom stereocenters. The van der Waals surface area contributed by atoms with Gasteiger partial charge in [-0.25, -0.2) is 4.39 Å². The van der Waals surface area contributed by atoms with Gasteiger partial charge in [-0.1, -0.05) is 19.1 Å². The molecule has 0 aliphatic rings. The van der Waals surface area contributed by atoms with Crippen LogP contribution in [0.25, 0.3) is 0 Å². The highest BCUT2D eigenvalue weighted by Gasteiger charge is 2.16. The van der Waals surface area contributed by atoms with Gasteiger partial charge in [0.25, 0.3) is 0 Å². The Labute approximate surface area is 108 Å². The summed E-state index contributed by atoms with van der Waals surface area (Å²) in [6, 6.07) is 6.23. The number of nitrogens with zero attached hydrogens (tertiary/aromatic N) is 1. The highest BCUT2D eigenvalue weighted by Crippen LogP contribution is 2.19. The van der Waals surface area contributed by atoms with E-state index < -0.39 is 0 Å². The fourth-order valence-electron chi connectivity index (χ4n) is 1.73. The fraction of sp³-hybridized carbons (Fsp3) is 0.500. The molecule has 0 aromatic heterocycles. The van der Waals surface area contributed by atoms with Gasteiger partial charge in [-0.2, -0.15) is 0 Å². The molecule has 0 saturated carbocycles. The Morgan fingerprint density at radius 2 is 2.00 bits per heavy atom. The molecule has 18 heavy (non-hydrogen) atoms. The number of hydrogen-bond donors (Lipinski definition) is 1. The first-order chi connectivity index (χ1) is 8.56. The van der Waals surface area contributed by atoms with Crippen LogP contribution in [0.15, 0.2) is 24.3 Å². The van der Waals surface area contributed by atoms with Crippen molar-refractivity contribution >= 4 is 5.91 Å². The average molecular weight is 252 g/mol. The van der Waals surface area contributed by atoms with Crippen molar-refractivity contribution in [2.45, 2.75) is 26.3 Å². The Balaban J connectivity index is 2.57. The van der Waals surface area contributed by atoms with Crippen molar-refractivity contribution in [3.63, 3.8) is 0 Å². The molecule has 3 nitrogen and oxygen atoms in total. The molecule has 0 heterocycles. The summed E-state index contributed by atoms with van der Waals surface area (Å²) in [6.07, 6.45) is 0.482. The minimum Gasteiger partial charge on any atom is -0.339 e. The molecule has 0 fully saturated rings. The molecule has 1 amide bonds. The summed E-state index contributed by atoms with van der Waals surface area (Å²) in [5, 5.41) is 3.12. The predicted molar refractivity (Wildman–Crippen MR) is 70.7 cm³/mol. The summed E-state index contributed by atoms with van der Waals surface area (Å²) in [5.41, 5.74) is 0.940. The number of amides is 1. The number of rotatable bonds is 6. The van der Waals surface area contributed by atoms with E-state index in [1.54, 1.807) is 24.1 Å². The Hall–Kier alpha value is -1.42. The zero-order valence-corrected chi connectivity index (χ0v) is 11.2. The molecular formula is C14H21FN2O. The van der Waals surface area contributed by atoms with Crippen molar-refractivity contribution in [1.82, 2.24) is 10.2 Å². The molecule has 4 heteroatoms. The van der Waals surface area contributed by atoms with Crippen LogP contribution in [0, 0.1) is 5.82 Å². The van der Waals surface area contributed by atoms with Crippen LogP contribution >= 0.6 is 0 Å². The summed E-state index contributed by atoms with van der Waals surface area (Å²) in [5.74, 6) is -0.167. The van der Waals surface area contributed by atoms with Gasteiger partial charge in [0.15, 0.2) is 0 Å². The molecule has 1 rings (SSSR count). The van der Waals surface area contributed by atoms with Gasteiger partial charge >= 0.3 is 0 Å². The Kier molecular flexibility index (Phi) is 5.78. The first-order valence-corrected chi connectivity index (χ1v) is 6.28. The summed E-state index contributed by atoms with van der Waals surface area (Å²) >= 11 is 0. The summed E-state index contributed by atoms with van der Waals surface area (Å²) in [6.45, 7) is 5.51. The first-order valence-electron chi connectivity index (χ1n) is 6.28. The quantitative estimate of drug-likeness (QED) is 0.788. The summed E-state index contributed by atoms with van der Waals surface area (Å²) < 4.78 is 12.8. The van der Waals surface area contributed by atoms with E-state index in [9.17, 15) is 9.18 Å². The van der Waals surface area contributed by atoms with Crippen LogP contribution in [0.1, 0.15) is 31.9 Å². The van der Waals surface area contributed by atoms with E-state index in [0.717, 1.165) is 12.1 Å². The van der Waals surface area contributed by atoms with Gasteiger partial charge in [0.05, 0.1) is 6.04 Å². The number of hydrogen-bond acceptors (Lipinski definition) is 2. The van der Waals surface area contributed by atoms with E-state index >= 15 is 0 Å². The molecule has 1 atom stereocenters. The van der Waals surface area contributed by atoms with Crippen LogP contribution in [0.3, 0.4) is 0 Å². The van der Waals surface area contributed by atoms with Crippen LogP contribution in [-0.2, 0) is 4.79 Å². The minimum atomic E-state index is -0.257. The standard InChI is InChI=1S/C14H21FN2O/c1-4-16-10-9-14(18)17(3)11(2)12-5-7-13(15)8-6-12/h5-8,11,16H,4,9-10H2,1-3H3. The number of carbonyl (C=O) groups is 1. The van der Waals surface area contributed by atoms with Gasteiger partial charge in [-0.05, 0) is 31.2 Å². The molecule has 1 aromatic rings. The average Bonchev–Trinajstić information content (AvgIpc) is 2.38. The van der Waals surface area contributed by atoms with E-state index in [4.69, 9.17) is 0 Å². The molecule has 0 aliphatic heterocycles. The van der Waals surface area contributed by atoms with E-state index in [-0.39, 0.29) is 17.8 Å². The topological polar surface area (TPSA) is 32.3 Å². The van der Waals surface area contributed by atoms with Crippen LogP contribution in [0.2, 0.25) is 0 Å². The molecule has 0 bridgehead atoms. The molecular weight excluding hydrogens is 231 g/mol. The fourth-order valence-corrected chi connectivity index (χ4v) is 1.73. The predicted octanol–water partition coefficient (Wildman–Crippen LogP) is 2.34. The minimum absolute atomic E-state index is 0.0419. The van der Waals surface area contributed by atoms with Gasteiger partial charge in [-0.15, -0.1) is 0 Å². The Morgan fingerprint density at radius 3 is 2.56 bits per heavy atom. The smallest absolute Gasteiger partial charge is 0.224 e. The number of benzene rings is 1. The van der Waals surface area contributed by atoms with Crippen molar-refractivity contribution in [3.05, 3.63) is 35.6 Å². The largest absolute Gasteiger partial charge is 0.339 e. The third kappa shape index (κ3) is 4.11. The third-order valence-electron chi connectivity index (χ3n) is 3.09.